The maximum Gasteiger partial charge on any atom is 0.254 e. The molecule has 5 nitrogen and oxygen atoms in total. The van der Waals surface area contributed by atoms with Gasteiger partial charge in [0.25, 0.3) is 5.91 Å². The Kier molecular flexibility index (Phi) is 6.31. The second-order valence-electron chi connectivity index (χ2n) is 6.64. The Morgan fingerprint density at radius 1 is 1.25 bits per heavy atom. The average Bonchev–Trinajstić information content (AvgIpc) is 3.36. The third-order valence-electron chi connectivity index (χ3n) is 4.31. The van der Waals surface area contributed by atoms with E-state index < -0.39 is 17.8 Å². The SMILES string of the molecule is CC(C)C(NC(=O)c1ccccc1F)C(=O)NC(CCO)C1CC1. The first kappa shape index (κ1) is 18.4. The molecule has 1 aliphatic carbocycles. The Bertz CT molecular complexity index is 587. The molecule has 0 spiro atoms. The van der Waals surface area contributed by atoms with Crippen LogP contribution in [0.4, 0.5) is 4.39 Å². The molecule has 6 heteroatoms. The Labute approximate surface area is 141 Å². The molecule has 24 heavy (non-hydrogen) atoms. The van der Waals surface area contributed by atoms with Gasteiger partial charge in [-0.25, -0.2) is 4.39 Å². The van der Waals surface area contributed by atoms with Crippen LogP contribution in [0.3, 0.4) is 0 Å². The third kappa shape index (κ3) is 4.77. The van der Waals surface area contributed by atoms with Crippen LogP contribution in [0.25, 0.3) is 0 Å². The van der Waals surface area contributed by atoms with Crippen LogP contribution in [0.15, 0.2) is 24.3 Å². The van der Waals surface area contributed by atoms with E-state index in [0.717, 1.165) is 12.8 Å². The Morgan fingerprint density at radius 2 is 1.92 bits per heavy atom. The van der Waals surface area contributed by atoms with Crippen LogP contribution in [-0.4, -0.2) is 35.6 Å². The van der Waals surface area contributed by atoms with Crippen LogP contribution >= 0.6 is 0 Å². The number of halogens is 1. The predicted molar refractivity (Wildman–Crippen MR) is 88.8 cm³/mol. The van der Waals surface area contributed by atoms with E-state index in [1.54, 1.807) is 6.07 Å². The Balaban J connectivity index is 2.04. The standard InChI is InChI=1S/C18H25FN2O3/c1-11(2)16(18(24)20-15(9-10-22)12-7-8-12)21-17(23)13-5-3-4-6-14(13)19/h3-6,11-12,15-16,22H,7-10H2,1-2H3,(H,20,24)(H,21,23). The van der Waals surface area contributed by atoms with E-state index in [2.05, 4.69) is 10.6 Å². The summed E-state index contributed by atoms with van der Waals surface area (Å²) in [5.41, 5.74) is -0.0787. The second-order valence-corrected chi connectivity index (χ2v) is 6.64. The molecule has 1 aliphatic rings. The zero-order valence-electron chi connectivity index (χ0n) is 14.1. The molecule has 2 amide bonds. The topological polar surface area (TPSA) is 78.4 Å². The average molecular weight is 336 g/mol. The van der Waals surface area contributed by atoms with Crippen LogP contribution in [0.2, 0.25) is 0 Å². The number of carbonyl (C=O) groups is 2. The zero-order valence-corrected chi connectivity index (χ0v) is 14.1. The lowest BCUT2D eigenvalue weighted by Crippen LogP contribution is -2.52. The fraction of sp³-hybridized carbons (Fsp3) is 0.556. The first-order valence-corrected chi connectivity index (χ1v) is 8.40. The predicted octanol–water partition coefficient (Wildman–Crippen LogP) is 1.86. The monoisotopic (exact) mass is 336 g/mol. The van der Waals surface area contributed by atoms with Crippen molar-refractivity contribution in [3.63, 3.8) is 0 Å². The number of aliphatic hydroxyl groups excluding tert-OH is 1. The van der Waals surface area contributed by atoms with Gasteiger partial charge in [0.2, 0.25) is 5.91 Å². The van der Waals surface area contributed by atoms with E-state index in [9.17, 15) is 14.0 Å². The van der Waals surface area contributed by atoms with Gasteiger partial charge >= 0.3 is 0 Å². The van der Waals surface area contributed by atoms with Gasteiger partial charge in [0, 0.05) is 12.6 Å². The molecular formula is C18H25FN2O3. The van der Waals surface area contributed by atoms with Gasteiger partial charge in [-0.2, -0.15) is 0 Å². The van der Waals surface area contributed by atoms with E-state index in [4.69, 9.17) is 5.11 Å². The normalized spacial score (nSPS) is 16.5. The number of rotatable bonds is 8. The van der Waals surface area contributed by atoms with E-state index >= 15 is 0 Å². The molecule has 0 aromatic heterocycles. The second kappa shape index (κ2) is 8.24. The van der Waals surface area contributed by atoms with Gasteiger partial charge in [-0.15, -0.1) is 0 Å². The first-order chi connectivity index (χ1) is 11.4. The van der Waals surface area contributed by atoms with E-state index in [1.165, 1.54) is 18.2 Å². The zero-order chi connectivity index (χ0) is 17.7. The molecule has 3 N–H and O–H groups in total. The number of benzene rings is 1. The van der Waals surface area contributed by atoms with Crippen molar-refractivity contribution in [2.45, 2.75) is 45.2 Å². The summed E-state index contributed by atoms with van der Waals surface area (Å²) < 4.78 is 13.7. The van der Waals surface area contributed by atoms with Gasteiger partial charge < -0.3 is 15.7 Å². The molecule has 1 aromatic carbocycles. The van der Waals surface area contributed by atoms with Gasteiger partial charge in [-0.3, -0.25) is 9.59 Å². The van der Waals surface area contributed by atoms with Gasteiger partial charge in [-0.05, 0) is 43.2 Å². The summed E-state index contributed by atoms with van der Waals surface area (Å²) in [6.45, 7) is 3.66. The first-order valence-electron chi connectivity index (χ1n) is 8.40. The van der Waals surface area contributed by atoms with Crippen LogP contribution in [0, 0.1) is 17.7 Å². The summed E-state index contributed by atoms with van der Waals surface area (Å²) in [6, 6.07) is 4.86. The highest BCUT2D eigenvalue weighted by Gasteiger charge is 2.34. The highest BCUT2D eigenvalue weighted by molar-refractivity contribution is 5.97. The van der Waals surface area contributed by atoms with E-state index in [0.29, 0.717) is 12.3 Å². The van der Waals surface area contributed by atoms with Gasteiger partial charge in [-0.1, -0.05) is 26.0 Å². The smallest absolute Gasteiger partial charge is 0.254 e. The number of amides is 2. The number of carbonyl (C=O) groups excluding carboxylic acids is 2. The van der Waals surface area contributed by atoms with E-state index in [-0.39, 0.29) is 30.0 Å². The maximum atomic E-state index is 13.7. The maximum absolute atomic E-state index is 13.7. The molecule has 1 aromatic rings. The minimum absolute atomic E-state index is 0.00930. The summed E-state index contributed by atoms with van der Waals surface area (Å²) in [5.74, 6) is -1.26. The Hall–Kier alpha value is -1.95. The van der Waals surface area contributed by atoms with Crippen molar-refractivity contribution in [2.75, 3.05) is 6.61 Å². The molecule has 2 unspecified atom stereocenters. The van der Waals surface area contributed by atoms with Crippen molar-refractivity contribution in [1.82, 2.24) is 10.6 Å². The van der Waals surface area contributed by atoms with Crippen LogP contribution in [0.1, 0.15) is 43.5 Å². The van der Waals surface area contributed by atoms with Crippen molar-refractivity contribution in [1.29, 1.82) is 0 Å². The molecular weight excluding hydrogens is 311 g/mol. The van der Waals surface area contributed by atoms with Crippen LogP contribution < -0.4 is 10.6 Å². The lowest BCUT2D eigenvalue weighted by Gasteiger charge is -2.25. The molecule has 0 aliphatic heterocycles. The van der Waals surface area contributed by atoms with Gasteiger partial charge in [0.15, 0.2) is 0 Å². The lowest BCUT2D eigenvalue weighted by molar-refractivity contribution is -0.124. The number of aliphatic hydroxyl groups is 1. The summed E-state index contributed by atoms with van der Waals surface area (Å²) in [4.78, 5) is 24.8. The summed E-state index contributed by atoms with van der Waals surface area (Å²) in [7, 11) is 0. The van der Waals surface area contributed by atoms with Crippen molar-refractivity contribution in [2.24, 2.45) is 11.8 Å². The third-order valence-corrected chi connectivity index (χ3v) is 4.31. The van der Waals surface area contributed by atoms with Gasteiger partial charge in [0.05, 0.1) is 5.56 Å². The summed E-state index contributed by atoms with van der Waals surface area (Å²) in [6.07, 6.45) is 2.58. The van der Waals surface area contributed by atoms with Crippen LogP contribution in [-0.2, 0) is 4.79 Å². The van der Waals surface area contributed by atoms with Crippen LogP contribution in [0.5, 0.6) is 0 Å². The lowest BCUT2D eigenvalue weighted by atomic mass is 10.0. The highest BCUT2D eigenvalue weighted by Crippen LogP contribution is 2.34. The number of hydrogen-bond donors (Lipinski definition) is 3. The molecule has 1 fully saturated rings. The van der Waals surface area contributed by atoms with Gasteiger partial charge in [0.1, 0.15) is 11.9 Å². The molecule has 2 rings (SSSR count). The van der Waals surface area contributed by atoms with Crippen molar-refractivity contribution < 1.29 is 19.1 Å². The van der Waals surface area contributed by atoms with Crippen molar-refractivity contribution >= 4 is 11.8 Å². The summed E-state index contributed by atoms with van der Waals surface area (Å²) >= 11 is 0. The minimum Gasteiger partial charge on any atom is -0.396 e. The fourth-order valence-corrected chi connectivity index (χ4v) is 2.74. The fourth-order valence-electron chi connectivity index (χ4n) is 2.74. The van der Waals surface area contributed by atoms with E-state index in [1.807, 2.05) is 13.8 Å². The molecule has 0 bridgehead atoms. The van der Waals surface area contributed by atoms with Crippen molar-refractivity contribution in [3.8, 4) is 0 Å². The Morgan fingerprint density at radius 3 is 2.46 bits per heavy atom. The molecule has 132 valence electrons. The molecule has 0 radical (unpaired) electrons. The largest absolute Gasteiger partial charge is 0.396 e. The molecule has 0 heterocycles. The molecule has 2 atom stereocenters. The minimum atomic E-state index is -0.753. The number of hydrogen-bond acceptors (Lipinski definition) is 3. The number of nitrogens with one attached hydrogen (secondary N) is 2. The highest BCUT2D eigenvalue weighted by atomic mass is 19.1. The molecule has 1 saturated carbocycles. The summed E-state index contributed by atoms with van der Waals surface area (Å²) in [5, 5.41) is 14.7. The molecule has 0 saturated heterocycles. The quantitative estimate of drug-likeness (QED) is 0.678. The van der Waals surface area contributed by atoms with Crippen molar-refractivity contribution in [3.05, 3.63) is 35.6 Å².